The highest BCUT2D eigenvalue weighted by atomic mass is 79.9. The first-order valence-electron chi connectivity index (χ1n) is 6.93. The molecule has 0 saturated carbocycles. The van der Waals surface area contributed by atoms with Crippen LogP contribution in [0.2, 0.25) is 0 Å². The number of hydrogen-bond donors (Lipinski definition) is 1. The molecule has 0 atom stereocenters. The minimum Gasteiger partial charge on any atom is -0.488 e. The maximum absolute atomic E-state index is 13.0. The van der Waals surface area contributed by atoms with E-state index in [0.717, 1.165) is 12.1 Å². The van der Waals surface area contributed by atoms with Crippen LogP contribution in [-0.4, -0.2) is 6.04 Å². The van der Waals surface area contributed by atoms with Crippen LogP contribution in [0.15, 0.2) is 46.9 Å². The van der Waals surface area contributed by atoms with E-state index in [-0.39, 0.29) is 5.82 Å². The third-order valence-corrected chi connectivity index (χ3v) is 3.61. The topological polar surface area (TPSA) is 21.3 Å². The summed E-state index contributed by atoms with van der Waals surface area (Å²) in [6.07, 6.45) is 0. The summed E-state index contributed by atoms with van der Waals surface area (Å²) in [5.41, 5.74) is 2.32. The van der Waals surface area contributed by atoms with Gasteiger partial charge in [-0.2, -0.15) is 0 Å². The molecule has 0 aliphatic carbocycles. The van der Waals surface area contributed by atoms with Gasteiger partial charge in [-0.1, -0.05) is 38.1 Å². The Labute approximate surface area is 133 Å². The predicted octanol–water partition coefficient (Wildman–Crippen LogP) is 4.67. The first-order chi connectivity index (χ1) is 10.0. The second-order valence-corrected chi connectivity index (χ2v) is 6.07. The van der Waals surface area contributed by atoms with Crippen LogP contribution < -0.4 is 10.1 Å². The molecule has 0 fully saturated rings. The van der Waals surface area contributed by atoms with Gasteiger partial charge >= 0.3 is 0 Å². The van der Waals surface area contributed by atoms with Crippen molar-refractivity contribution in [3.63, 3.8) is 0 Å². The van der Waals surface area contributed by atoms with Crippen LogP contribution in [0.5, 0.6) is 5.75 Å². The van der Waals surface area contributed by atoms with Gasteiger partial charge in [0.1, 0.15) is 18.2 Å². The standard InChI is InChI=1S/C17H19BrFNO/c1-12(2)20-10-13-4-3-5-14(8-13)11-21-17-7-6-15(19)9-16(17)18/h3-9,12,20H,10-11H2,1-2H3. The first kappa shape index (κ1) is 16.0. The third-order valence-electron chi connectivity index (χ3n) is 2.99. The number of rotatable bonds is 6. The van der Waals surface area contributed by atoms with Gasteiger partial charge in [0.05, 0.1) is 4.47 Å². The Balaban J connectivity index is 1.98. The Bertz CT molecular complexity index is 601. The zero-order valence-corrected chi connectivity index (χ0v) is 13.8. The predicted molar refractivity (Wildman–Crippen MR) is 86.8 cm³/mol. The fourth-order valence-corrected chi connectivity index (χ4v) is 2.37. The average molecular weight is 352 g/mol. The van der Waals surface area contributed by atoms with E-state index in [2.05, 4.69) is 47.2 Å². The van der Waals surface area contributed by atoms with Crippen molar-refractivity contribution in [2.24, 2.45) is 0 Å². The van der Waals surface area contributed by atoms with Crippen molar-refractivity contribution in [2.45, 2.75) is 33.0 Å². The lowest BCUT2D eigenvalue weighted by atomic mass is 10.1. The van der Waals surface area contributed by atoms with E-state index in [1.807, 2.05) is 12.1 Å². The van der Waals surface area contributed by atoms with Crippen molar-refractivity contribution < 1.29 is 9.13 Å². The van der Waals surface area contributed by atoms with E-state index in [0.29, 0.717) is 22.9 Å². The second-order valence-electron chi connectivity index (χ2n) is 5.22. The summed E-state index contributed by atoms with van der Waals surface area (Å²) in [6.45, 7) is 5.55. The molecule has 21 heavy (non-hydrogen) atoms. The van der Waals surface area contributed by atoms with Crippen LogP contribution in [0.3, 0.4) is 0 Å². The molecule has 2 nitrogen and oxygen atoms in total. The zero-order chi connectivity index (χ0) is 15.2. The van der Waals surface area contributed by atoms with Gasteiger partial charge in [0.25, 0.3) is 0 Å². The molecular weight excluding hydrogens is 333 g/mol. The molecule has 0 aliphatic rings. The molecule has 0 radical (unpaired) electrons. The zero-order valence-electron chi connectivity index (χ0n) is 12.2. The number of benzene rings is 2. The largest absolute Gasteiger partial charge is 0.488 e. The Kier molecular flexibility index (Phi) is 5.76. The smallest absolute Gasteiger partial charge is 0.134 e. The molecule has 1 N–H and O–H groups in total. The lowest BCUT2D eigenvalue weighted by Crippen LogP contribution is -2.21. The molecule has 2 aromatic carbocycles. The maximum Gasteiger partial charge on any atom is 0.134 e. The highest BCUT2D eigenvalue weighted by molar-refractivity contribution is 9.10. The first-order valence-corrected chi connectivity index (χ1v) is 7.73. The van der Waals surface area contributed by atoms with Crippen molar-refractivity contribution in [3.05, 3.63) is 63.9 Å². The van der Waals surface area contributed by atoms with Gasteiger partial charge in [0.2, 0.25) is 0 Å². The van der Waals surface area contributed by atoms with Crippen LogP contribution in [0.4, 0.5) is 4.39 Å². The van der Waals surface area contributed by atoms with E-state index < -0.39 is 0 Å². The molecule has 0 unspecified atom stereocenters. The third kappa shape index (κ3) is 5.14. The summed E-state index contributed by atoms with van der Waals surface area (Å²) < 4.78 is 19.4. The maximum atomic E-state index is 13.0. The molecule has 0 bridgehead atoms. The fraction of sp³-hybridized carbons (Fsp3) is 0.294. The van der Waals surface area contributed by atoms with E-state index in [9.17, 15) is 4.39 Å². The summed E-state index contributed by atoms with van der Waals surface area (Å²) >= 11 is 3.30. The molecule has 0 aliphatic heterocycles. The minimum absolute atomic E-state index is 0.281. The van der Waals surface area contributed by atoms with Crippen molar-refractivity contribution in [3.8, 4) is 5.75 Å². The summed E-state index contributed by atoms with van der Waals surface area (Å²) in [5, 5.41) is 3.39. The minimum atomic E-state index is -0.281. The van der Waals surface area contributed by atoms with Gasteiger partial charge in [-0.25, -0.2) is 4.39 Å². The summed E-state index contributed by atoms with van der Waals surface area (Å²) in [4.78, 5) is 0. The Morgan fingerprint density at radius 1 is 1.14 bits per heavy atom. The lowest BCUT2D eigenvalue weighted by Gasteiger charge is -2.11. The summed E-state index contributed by atoms with van der Waals surface area (Å²) in [5.74, 6) is 0.359. The highest BCUT2D eigenvalue weighted by Crippen LogP contribution is 2.26. The number of hydrogen-bond acceptors (Lipinski definition) is 2. The van der Waals surface area contributed by atoms with Gasteiger partial charge in [-0.15, -0.1) is 0 Å². The van der Waals surface area contributed by atoms with Gasteiger partial charge < -0.3 is 10.1 Å². The van der Waals surface area contributed by atoms with Crippen LogP contribution >= 0.6 is 15.9 Å². The Morgan fingerprint density at radius 2 is 1.90 bits per heavy atom. The molecule has 2 rings (SSSR count). The van der Waals surface area contributed by atoms with E-state index in [1.165, 1.54) is 17.7 Å². The normalized spacial score (nSPS) is 10.9. The molecule has 0 heterocycles. The second kappa shape index (κ2) is 7.57. The van der Waals surface area contributed by atoms with E-state index in [1.54, 1.807) is 6.07 Å². The van der Waals surface area contributed by atoms with Crippen LogP contribution in [0.25, 0.3) is 0 Å². The number of nitrogens with one attached hydrogen (secondary N) is 1. The van der Waals surface area contributed by atoms with Crippen molar-refractivity contribution in [1.29, 1.82) is 0 Å². The van der Waals surface area contributed by atoms with Gasteiger partial charge in [-0.05, 0) is 45.3 Å². The number of halogens is 2. The summed E-state index contributed by atoms with van der Waals surface area (Å²) in [7, 11) is 0. The molecule has 0 amide bonds. The van der Waals surface area contributed by atoms with Crippen molar-refractivity contribution >= 4 is 15.9 Å². The molecular formula is C17H19BrFNO. The Morgan fingerprint density at radius 3 is 2.62 bits per heavy atom. The molecule has 2 aromatic rings. The molecule has 0 spiro atoms. The average Bonchev–Trinajstić information content (AvgIpc) is 2.45. The summed E-state index contributed by atoms with van der Waals surface area (Å²) in [6, 6.07) is 13.1. The fourth-order valence-electron chi connectivity index (χ4n) is 1.90. The molecule has 112 valence electrons. The van der Waals surface area contributed by atoms with Crippen LogP contribution in [-0.2, 0) is 13.2 Å². The van der Waals surface area contributed by atoms with Crippen molar-refractivity contribution in [2.75, 3.05) is 0 Å². The highest BCUT2D eigenvalue weighted by Gasteiger charge is 2.04. The Hall–Kier alpha value is -1.39. The van der Waals surface area contributed by atoms with E-state index in [4.69, 9.17) is 4.74 Å². The van der Waals surface area contributed by atoms with Crippen LogP contribution in [0.1, 0.15) is 25.0 Å². The van der Waals surface area contributed by atoms with Gasteiger partial charge in [0, 0.05) is 12.6 Å². The van der Waals surface area contributed by atoms with Crippen LogP contribution in [0, 0.1) is 5.82 Å². The lowest BCUT2D eigenvalue weighted by molar-refractivity contribution is 0.303. The molecule has 4 heteroatoms. The SMILES string of the molecule is CC(C)NCc1cccc(COc2ccc(F)cc2Br)c1. The van der Waals surface area contributed by atoms with Crippen molar-refractivity contribution in [1.82, 2.24) is 5.32 Å². The monoisotopic (exact) mass is 351 g/mol. The van der Waals surface area contributed by atoms with Gasteiger partial charge in [-0.3, -0.25) is 0 Å². The quantitative estimate of drug-likeness (QED) is 0.816. The molecule has 0 aromatic heterocycles. The molecule has 0 saturated heterocycles. The van der Waals surface area contributed by atoms with E-state index >= 15 is 0 Å². The number of ether oxygens (including phenoxy) is 1. The van der Waals surface area contributed by atoms with Gasteiger partial charge in [0.15, 0.2) is 0 Å².